The first kappa shape index (κ1) is 22.9. The summed E-state index contributed by atoms with van der Waals surface area (Å²) >= 11 is 0. The second-order valence-corrected chi connectivity index (χ2v) is 10.4. The second kappa shape index (κ2) is 8.28. The maximum absolute atomic E-state index is 13.3. The number of amides is 4. The third kappa shape index (κ3) is 4.36. The predicted octanol–water partition coefficient (Wildman–Crippen LogP) is 2.92. The lowest BCUT2D eigenvalue weighted by Crippen LogP contribution is -2.54. The molecule has 3 atom stereocenters. The van der Waals surface area contributed by atoms with Crippen LogP contribution in [0.1, 0.15) is 58.6 Å². The number of carbonyl (C=O) groups is 3. The van der Waals surface area contributed by atoms with Crippen LogP contribution in [0.5, 0.6) is 0 Å². The highest BCUT2D eigenvalue weighted by Gasteiger charge is 2.56. The van der Waals surface area contributed by atoms with E-state index in [1.54, 1.807) is 23.0 Å². The van der Waals surface area contributed by atoms with E-state index in [-0.39, 0.29) is 29.8 Å². The lowest BCUT2D eigenvalue weighted by Gasteiger charge is -2.43. The molecule has 2 heterocycles. The van der Waals surface area contributed by atoms with Crippen molar-refractivity contribution in [2.75, 3.05) is 13.6 Å². The first-order chi connectivity index (χ1) is 15.5. The highest BCUT2D eigenvalue weighted by atomic mass is 16.2. The van der Waals surface area contributed by atoms with Gasteiger partial charge in [0.1, 0.15) is 24.7 Å². The number of aromatic nitrogens is 3. The molecule has 0 bridgehead atoms. The molecule has 0 radical (unpaired) electrons. The molecule has 9 nitrogen and oxygen atoms in total. The van der Waals surface area contributed by atoms with Crippen molar-refractivity contribution in [1.29, 1.82) is 0 Å². The number of hydrogen-bond donors (Lipinski definition) is 1. The Morgan fingerprint density at radius 2 is 1.94 bits per heavy atom. The molecular weight excluding hydrogens is 420 g/mol. The Kier molecular flexibility index (Phi) is 5.76. The van der Waals surface area contributed by atoms with Crippen LogP contribution in [0.4, 0.5) is 4.79 Å². The summed E-state index contributed by atoms with van der Waals surface area (Å²) in [6.45, 7) is 8.02. The van der Waals surface area contributed by atoms with Gasteiger partial charge in [-0.1, -0.05) is 32.9 Å². The molecule has 1 saturated heterocycles. The largest absolute Gasteiger partial charge is 0.337 e. The van der Waals surface area contributed by atoms with Gasteiger partial charge in [-0.3, -0.25) is 14.5 Å². The van der Waals surface area contributed by atoms with Gasteiger partial charge in [-0.15, -0.1) is 0 Å². The van der Waals surface area contributed by atoms with Gasteiger partial charge in [0.2, 0.25) is 5.91 Å². The van der Waals surface area contributed by atoms with Gasteiger partial charge in [0.25, 0.3) is 5.91 Å². The molecule has 2 aromatic rings. The lowest BCUT2D eigenvalue weighted by molar-refractivity contribution is -0.141. The van der Waals surface area contributed by atoms with E-state index in [1.165, 1.54) is 6.33 Å². The van der Waals surface area contributed by atoms with E-state index in [4.69, 9.17) is 0 Å². The molecule has 1 N–H and O–H groups in total. The number of hydrogen-bond acceptors (Lipinski definition) is 5. The average molecular weight is 453 g/mol. The van der Waals surface area contributed by atoms with Crippen molar-refractivity contribution in [3.63, 3.8) is 0 Å². The van der Waals surface area contributed by atoms with E-state index in [9.17, 15) is 14.4 Å². The van der Waals surface area contributed by atoms with Gasteiger partial charge >= 0.3 is 6.03 Å². The Bertz CT molecular complexity index is 1050. The van der Waals surface area contributed by atoms with E-state index >= 15 is 0 Å². The van der Waals surface area contributed by atoms with E-state index in [0.717, 1.165) is 22.6 Å². The molecule has 1 aromatic carbocycles. The van der Waals surface area contributed by atoms with Crippen LogP contribution in [0.25, 0.3) is 5.69 Å². The van der Waals surface area contributed by atoms with Gasteiger partial charge < -0.3 is 10.2 Å². The average Bonchev–Trinajstić information content (AvgIpc) is 3.35. The predicted molar refractivity (Wildman–Crippen MR) is 122 cm³/mol. The lowest BCUT2D eigenvalue weighted by atomic mass is 9.64. The number of nitrogens with one attached hydrogen (secondary N) is 1. The SMILES string of the molecule is C[C@@H]1CC(C)(C)C[C@]2(C1)NC(=O)N(CC(=O)N(C)[C@@H](C)c1ccc(-n3cncn3)cc1)C2=O. The summed E-state index contributed by atoms with van der Waals surface area (Å²) < 4.78 is 1.66. The number of carbonyl (C=O) groups excluding carboxylic acids is 3. The standard InChI is InChI=1S/C24H32N6O3/c1-16-10-23(3,4)13-24(11-16)21(32)29(22(33)27-24)12-20(31)28(5)17(2)18-6-8-19(9-7-18)30-15-25-14-26-30/h6-9,14-17H,10-13H2,1-5H3,(H,27,33)/t16-,17+,24+/m1/s1. The first-order valence-corrected chi connectivity index (χ1v) is 11.4. The number of rotatable bonds is 5. The smallest absolute Gasteiger partial charge is 0.325 e. The van der Waals surface area contributed by atoms with Crippen LogP contribution in [0.3, 0.4) is 0 Å². The molecular formula is C24H32N6O3. The van der Waals surface area contributed by atoms with Gasteiger partial charge in [-0.25, -0.2) is 14.5 Å². The molecule has 1 aliphatic carbocycles. The van der Waals surface area contributed by atoms with Crippen molar-refractivity contribution < 1.29 is 14.4 Å². The molecule has 2 aliphatic rings. The number of urea groups is 1. The number of likely N-dealkylation sites (N-methyl/N-ethyl adjacent to an activating group) is 1. The molecule has 176 valence electrons. The third-order valence-electron chi connectivity index (χ3n) is 6.95. The van der Waals surface area contributed by atoms with Crippen LogP contribution in [0, 0.1) is 11.3 Å². The van der Waals surface area contributed by atoms with Crippen LogP contribution in [-0.4, -0.2) is 61.5 Å². The fourth-order valence-electron chi connectivity index (χ4n) is 5.58. The van der Waals surface area contributed by atoms with Gasteiger partial charge in [-0.05, 0) is 55.2 Å². The third-order valence-corrected chi connectivity index (χ3v) is 6.95. The second-order valence-electron chi connectivity index (χ2n) is 10.4. The topological polar surface area (TPSA) is 100 Å². The summed E-state index contributed by atoms with van der Waals surface area (Å²) in [4.78, 5) is 45.7. The van der Waals surface area contributed by atoms with Gasteiger partial charge in [0, 0.05) is 7.05 Å². The van der Waals surface area contributed by atoms with Crippen molar-refractivity contribution in [3.8, 4) is 5.69 Å². The Labute approximate surface area is 194 Å². The molecule has 9 heteroatoms. The molecule has 4 amide bonds. The molecule has 1 saturated carbocycles. The number of imide groups is 1. The van der Waals surface area contributed by atoms with Gasteiger partial charge in [0.05, 0.1) is 11.7 Å². The molecule has 4 rings (SSSR count). The summed E-state index contributed by atoms with van der Waals surface area (Å²) in [7, 11) is 1.69. The minimum atomic E-state index is -0.903. The molecule has 33 heavy (non-hydrogen) atoms. The van der Waals surface area contributed by atoms with Crippen LogP contribution in [0.2, 0.25) is 0 Å². The van der Waals surface area contributed by atoms with E-state index < -0.39 is 11.6 Å². The molecule has 1 aromatic heterocycles. The van der Waals surface area contributed by atoms with E-state index in [0.29, 0.717) is 18.8 Å². The monoisotopic (exact) mass is 452 g/mol. The quantitative estimate of drug-likeness (QED) is 0.703. The van der Waals surface area contributed by atoms with Gasteiger partial charge in [0.15, 0.2) is 0 Å². The van der Waals surface area contributed by atoms with Crippen molar-refractivity contribution in [2.45, 2.75) is 58.5 Å². The summed E-state index contributed by atoms with van der Waals surface area (Å²) in [5, 5.41) is 7.04. The van der Waals surface area contributed by atoms with Crippen LogP contribution in [-0.2, 0) is 9.59 Å². The zero-order valence-corrected chi connectivity index (χ0v) is 19.9. The molecule has 1 spiro atoms. The van der Waals surface area contributed by atoms with E-state index in [2.05, 4.69) is 36.2 Å². The fourth-order valence-corrected chi connectivity index (χ4v) is 5.58. The first-order valence-electron chi connectivity index (χ1n) is 11.4. The van der Waals surface area contributed by atoms with Crippen molar-refractivity contribution >= 4 is 17.8 Å². The normalized spacial score (nSPS) is 25.2. The Balaban J connectivity index is 1.44. The maximum atomic E-state index is 13.3. The van der Waals surface area contributed by atoms with Gasteiger partial charge in [-0.2, -0.15) is 5.10 Å². The zero-order valence-electron chi connectivity index (χ0n) is 19.9. The van der Waals surface area contributed by atoms with Crippen molar-refractivity contribution in [2.24, 2.45) is 11.3 Å². The molecule has 1 aliphatic heterocycles. The summed E-state index contributed by atoms with van der Waals surface area (Å²) in [5.74, 6) is -0.248. The fraction of sp³-hybridized carbons (Fsp3) is 0.542. The summed E-state index contributed by atoms with van der Waals surface area (Å²) in [6.07, 6.45) is 5.29. The number of benzene rings is 1. The Morgan fingerprint density at radius 1 is 1.24 bits per heavy atom. The minimum absolute atomic E-state index is 0.0513. The Morgan fingerprint density at radius 3 is 2.55 bits per heavy atom. The highest BCUT2D eigenvalue weighted by molar-refractivity contribution is 6.09. The Hall–Kier alpha value is -3.23. The van der Waals surface area contributed by atoms with Crippen LogP contribution >= 0.6 is 0 Å². The van der Waals surface area contributed by atoms with Crippen molar-refractivity contribution in [1.82, 2.24) is 29.9 Å². The number of nitrogens with zero attached hydrogens (tertiary/aromatic N) is 5. The highest BCUT2D eigenvalue weighted by Crippen LogP contribution is 2.46. The van der Waals surface area contributed by atoms with E-state index in [1.807, 2.05) is 31.2 Å². The summed E-state index contributed by atoms with van der Waals surface area (Å²) in [5.41, 5.74) is 0.850. The minimum Gasteiger partial charge on any atom is -0.337 e. The van der Waals surface area contributed by atoms with Crippen LogP contribution < -0.4 is 5.32 Å². The zero-order chi connectivity index (χ0) is 24.0. The van der Waals surface area contributed by atoms with Crippen LogP contribution in [0.15, 0.2) is 36.9 Å². The molecule has 2 fully saturated rings. The maximum Gasteiger partial charge on any atom is 0.325 e. The van der Waals surface area contributed by atoms with Crippen molar-refractivity contribution in [3.05, 3.63) is 42.5 Å². The molecule has 0 unspecified atom stereocenters. The summed E-state index contributed by atoms with van der Waals surface area (Å²) in [6, 6.07) is 6.97.